The number of rotatable bonds is 10. The van der Waals surface area contributed by atoms with Gasteiger partial charge in [-0.3, -0.25) is 14.4 Å². The molecule has 0 unspecified atom stereocenters. The molecule has 0 spiro atoms. The summed E-state index contributed by atoms with van der Waals surface area (Å²) in [5, 5.41) is 17.1. The molecule has 4 N–H and O–H groups in total. The van der Waals surface area contributed by atoms with Gasteiger partial charge in [0.05, 0.1) is 0 Å². The summed E-state index contributed by atoms with van der Waals surface area (Å²) < 4.78 is 10.5. The molecule has 2 atom stereocenters. The standard InChI is InChI=1S/C28H42N4O8/c1-27(2,3)39-25(37)30-17-19-11-9-18(10-12-19)16-29-23(35)21-8-7-15-32(21)24(36)20(13-14-22(33)34)31-26(38)40-28(4,5)6/h9-12,20-21H,7-8,13-17H2,1-6H3,(H,29,35)(H,30,37)(H,31,38)(H,33,34)/t20-,21+/m1/s1. The van der Waals surface area contributed by atoms with E-state index >= 15 is 0 Å². The third-order valence-electron chi connectivity index (χ3n) is 5.80. The molecule has 4 amide bonds. The van der Waals surface area contributed by atoms with Gasteiger partial charge in [-0.1, -0.05) is 24.3 Å². The van der Waals surface area contributed by atoms with Gasteiger partial charge in [-0.25, -0.2) is 9.59 Å². The monoisotopic (exact) mass is 562 g/mol. The zero-order chi connectivity index (χ0) is 30.1. The molecule has 0 aromatic heterocycles. The Balaban J connectivity index is 1.95. The van der Waals surface area contributed by atoms with Crippen LogP contribution in [0.3, 0.4) is 0 Å². The molecule has 1 heterocycles. The van der Waals surface area contributed by atoms with Crippen molar-refractivity contribution < 1.29 is 38.6 Å². The van der Waals surface area contributed by atoms with Crippen LogP contribution >= 0.6 is 0 Å². The van der Waals surface area contributed by atoms with E-state index in [1.165, 1.54) is 4.90 Å². The van der Waals surface area contributed by atoms with E-state index in [2.05, 4.69) is 16.0 Å². The first-order valence-corrected chi connectivity index (χ1v) is 13.4. The summed E-state index contributed by atoms with van der Waals surface area (Å²) >= 11 is 0. The highest BCUT2D eigenvalue weighted by Gasteiger charge is 2.38. The second kappa shape index (κ2) is 14.0. The van der Waals surface area contributed by atoms with Crippen LogP contribution in [0.5, 0.6) is 0 Å². The molecule has 1 aliphatic rings. The molecule has 0 bridgehead atoms. The van der Waals surface area contributed by atoms with Crippen LogP contribution in [0, 0.1) is 0 Å². The minimum atomic E-state index is -1.14. The molecule has 1 aliphatic heterocycles. The van der Waals surface area contributed by atoms with Crippen molar-refractivity contribution in [2.45, 2.75) is 104 Å². The third-order valence-corrected chi connectivity index (χ3v) is 5.80. The van der Waals surface area contributed by atoms with Gasteiger partial charge in [-0.15, -0.1) is 0 Å². The topological polar surface area (TPSA) is 163 Å². The number of hydrogen-bond donors (Lipinski definition) is 4. The maximum absolute atomic E-state index is 13.3. The Morgan fingerprint density at radius 2 is 1.43 bits per heavy atom. The molecule has 12 heteroatoms. The number of aliphatic carboxylic acids is 1. The first-order chi connectivity index (χ1) is 18.5. The Morgan fingerprint density at radius 1 is 0.900 bits per heavy atom. The molecule has 0 radical (unpaired) electrons. The minimum Gasteiger partial charge on any atom is -0.481 e. The lowest BCUT2D eigenvalue weighted by Gasteiger charge is -2.29. The van der Waals surface area contributed by atoms with Crippen LogP contribution in [0.1, 0.15) is 78.4 Å². The maximum atomic E-state index is 13.3. The van der Waals surface area contributed by atoms with Crippen LogP contribution < -0.4 is 16.0 Å². The van der Waals surface area contributed by atoms with Crippen molar-refractivity contribution in [1.82, 2.24) is 20.9 Å². The summed E-state index contributed by atoms with van der Waals surface area (Å²) in [6.45, 7) is 11.2. The van der Waals surface area contributed by atoms with Crippen molar-refractivity contribution in [2.75, 3.05) is 6.54 Å². The summed E-state index contributed by atoms with van der Waals surface area (Å²) in [7, 11) is 0. The highest BCUT2D eigenvalue weighted by molar-refractivity contribution is 5.92. The van der Waals surface area contributed by atoms with Gasteiger partial charge in [-0.05, 0) is 71.9 Å². The smallest absolute Gasteiger partial charge is 0.408 e. The minimum absolute atomic E-state index is 0.132. The molecule has 40 heavy (non-hydrogen) atoms. The number of nitrogens with zero attached hydrogens (tertiary/aromatic N) is 1. The van der Waals surface area contributed by atoms with Gasteiger partial charge in [0, 0.05) is 26.1 Å². The fourth-order valence-electron chi connectivity index (χ4n) is 4.05. The highest BCUT2D eigenvalue weighted by Crippen LogP contribution is 2.20. The number of hydrogen-bond acceptors (Lipinski definition) is 7. The average molecular weight is 563 g/mol. The Labute approximate surface area is 235 Å². The molecule has 1 saturated heterocycles. The van der Waals surface area contributed by atoms with Crippen LogP contribution in [0.4, 0.5) is 9.59 Å². The third kappa shape index (κ3) is 11.5. The molecule has 0 saturated carbocycles. The number of alkyl carbamates (subject to hydrolysis) is 2. The fraction of sp³-hybridized carbons (Fsp3) is 0.607. The van der Waals surface area contributed by atoms with Crippen LogP contribution in [-0.2, 0) is 36.9 Å². The van der Waals surface area contributed by atoms with E-state index in [9.17, 15) is 24.0 Å². The highest BCUT2D eigenvalue weighted by atomic mass is 16.6. The van der Waals surface area contributed by atoms with Crippen LogP contribution in [0.2, 0.25) is 0 Å². The fourth-order valence-corrected chi connectivity index (χ4v) is 4.05. The first kappa shape index (κ1) is 32.4. The number of ether oxygens (including phenoxy) is 2. The zero-order valence-electron chi connectivity index (χ0n) is 24.2. The molecule has 2 rings (SSSR count). The van der Waals surface area contributed by atoms with E-state index in [0.29, 0.717) is 25.9 Å². The van der Waals surface area contributed by atoms with Gasteiger partial charge >= 0.3 is 18.2 Å². The molecule has 0 aliphatic carbocycles. The van der Waals surface area contributed by atoms with Crippen molar-refractivity contribution in [3.8, 4) is 0 Å². The van der Waals surface area contributed by atoms with Gasteiger partial charge in [0.2, 0.25) is 11.8 Å². The summed E-state index contributed by atoms with van der Waals surface area (Å²) in [6.07, 6.45) is -0.757. The maximum Gasteiger partial charge on any atom is 0.408 e. The second-order valence-corrected chi connectivity index (χ2v) is 11.7. The Bertz CT molecular complexity index is 1060. The number of nitrogens with one attached hydrogen (secondary N) is 3. The molecule has 1 aromatic rings. The largest absolute Gasteiger partial charge is 0.481 e. The van der Waals surface area contributed by atoms with E-state index in [-0.39, 0.29) is 25.3 Å². The van der Waals surface area contributed by atoms with E-state index in [4.69, 9.17) is 14.6 Å². The number of carbonyl (C=O) groups excluding carboxylic acids is 4. The number of amides is 4. The quantitative estimate of drug-likeness (QED) is 0.338. The average Bonchev–Trinajstić information content (AvgIpc) is 3.32. The van der Waals surface area contributed by atoms with E-state index in [0.717, 1.165) is 11.1 Å². The number of benzene rings is 1. The molecular formula is C28H42N4O8. The van der Waals surface area contributed by atoms with Crippen molar-refractivity contribution in [2.24, 2.45) is 0 Å². The number of likely N-dealkylation sites (tertiary alicyclic amines) is 1. The lowest BCUT2D eigenvalue weighted by Crippen LogP contribution is -2.54. The Morgan fingerprint density at radius 3 is 1.95 bits per heavy atom. The van der Waals surface area contributed by atoms with E-state index < -0.39 is 47.3 Å². The predicted molar refractivity (Wildman–Crippen MR) is 146 cm³/mol. The Kier molecular flexibility index (Phi) is 11.3. The summed E-state index contributed by atoms with van der Waals surface area (Å²) in [4.78, 5) is 63.0. The van der Waals surface area contributed by atoms with E-state index in [1.54, 1.807) is 41.5 Å². The zero-order valence-corrected chi connectivity index (χ0v) is 24.2. The van der Waals surface area contributed by atoms with Crippen molar-refractivity contribution >= 4 is 30.0 Å². The Hall–Kier alpha value is -3.83. The molecule has 12 nitrogen and oxygen atoms in total. The van der Waals surface area contributed by atoms with Crippen molar-refractivity contribution in [3.63, 3.8) is 0 Å². The normalized spacial score (nSPS) is 16.1. The van der Waals surface area contributed by atoms with Crippen LogP contribution in [0.25, 0.3) is 0 Å². The van der Waals surface area contributed by atoms with Gasteiger partial charge < -0.3 is 35.4 Å². The number of carbonyl (C=O) groups is 5. The lowest BCUT2D eigenvalue weighted by molar-refractivity contribution is -0.141. The molecule has 1 aromatic carbocycles. The van der Waals surface area contributed by atoms with Gasteiger partial charge in [0.25, 0.3) is 0 Å². The van der Waals surface area contributed by atoms with Gasteiger partial charge in [-0.2, -0.15) is 0 Å². The summed E-state index contributed by atoms with van der Waals surface area (Å²) in [5.74, 6) is -1.96. The lowest BCUT2D eigenvalue weighted by atomic mass is 10.1. The summed E-state index contributed by atoms with van der Waals surface area (Å²) in [5.41, 5.74) is 0.307. The van der Waals surface area contributed by atoms with Gasteiger partial charge in [0.1, 0.15) is 23.3 Å². The van der Waals surface area contributed by atoms with Crippen molar-refractivity contribution in [1.29, 1.82) is 0 Å². The first-order valence-electron chi connectivity index (χ1n) is 13.4. The predicted octanol–water partition coefficient (Wildman–Crippen LogP) is 3.08. The SMILES string of the molecule is CC(C)(C)OC(=O)NCc1ccc(CNC(=O)[C@@H]2CCCN2C(=O)[C@@H](CCC(=O)O)NC(=O)OC(C)(C)C)cc1. The van der Waals surface area contributed by atoms with Crippen LogP contribution in [0.15, 0.2) is 24.3 Å². The number of carboxylic acids is 1. The summed E-state index contributed by atoms with van der Waals surface area (Å²) in [6, 6.07) is 5.45. The van der Waals surface area contributed by atoms with Gasteiger partial charge in [0.15, 0.2) is 0 Å². The number of carboxylic acid groups (broad SMARTS) is 1. The second-order valence-electron chi connectivity index (χ2n) is 11.7. The van der Waals surface area contributed by atoms with Crippen molar-refractivity contribution in [3.05, 3.63) is 35.4 Å². The molecule has 1 fully saturated rings. The van der Waals surface area contributed by atoms with Crippen LogP contribution in [-0.4, -0.2) is 69.8 Å². The molecular weight excluding hydrogens is 520 g/mol. The molecule has 222 valence electrons. The van der Waals surface area contributed by atoms with E-state index in [1.807, 2.05) is 24.3 Å².